The molecule has 8 heteroatoms. The number of benzene rings is 2. The molecule has 0 saturated carbocycles. The predicted octanol–water partition coefficient (Wildman–Crippen LogP) is 3.03. The van der Waals surface area contributed by atoms with Gasteiger partial charge in [-0.2, -0.15) is 0 Å². The van der Waals surface area contributed by atoms with Crippen molar-refractivity contribution in [1.29, 1.82) is 0 Å². The summed E-state index contributed by atoms with van der Waals surface area (Å²) in [6, 6.07) is 13.4. The zero-order valence-corrected chi connectivity index (χ0v) is 20.0. The van der Waals surface area contributed by atoms with Crippen molar-refractivity contribution in [2.45, 2.75) is 38.9 Å². The van der Waals surface area contributed by atoms with Gasteiger partial charge in [0.15, 0.2) is 11.5 Å². The third kappa shape index (κ3) is 5.18. The quantitative estimate of drug-likeness (QED) is 0.540. The lowest BCUT2D eigenvalue weighted by Gasteiger charge is -2.32. The van der Waals surface area contributed by atoms with Gasteiger partial charge in [0.25, 0.3) is 5.56 Å². The summed E-state index contributed by atoms with van der Waals surface area (Å²) in [6.07, 6.45) is 2.08. The molecule has 184 valence electrons. The van der Waals surface area contributed by atoms with E-state index in [0.717, 1.165) is 56.1 Å². The lowest BCUT2D eigenvalue weighted by molar-refractivity contribution is 0.0698. The van der Waals surface area contributed by atoms with Crippen LogP contribution in [0.1, 0.15) is 34.3 Å². The first kappa shape index (κ1) is 23.4. The van der Waals surface area contributed by atoms with Crippen molar-refractivity contribution in [3.63, 3.8) is 0 Å². The molecule has 1 aromatic heterocycles. The highest BCUT2D eigenvalue weighted by Gasteiger charge is 2.20. The van der Waals surface area contributed by atoms with Gasteiger partial charge in [0.1, 0.15) is 13.2 Å². The molecule has 0 atom stereocenters. The second-order valence-electron chi connectivity index (χ2n) is 9.35. The van der Waals surface area contributed by atoms with Crippen LogP contribution in [-0.2, 0) is 13.1 Å². The topological polar surface area (TPSA) is 93.0 Å². The average Bonchev–Trinajstić information content (AvgIpc) is 2.87. The highest BCUT2D eigenvalue weighted by molar-refractivity contribution is 6.02. The van der Waals surface area contributed by atoms with E-state index in [1.54, 1.807) is 10.6 Å². The summed E-state index contributed by atoms with van der Waals surface area (Å²) in [7, 11) is 0. The minimum atomic E-state index is -1.08. The third-order valence-electron chi connectivity index (χ3n) is 6.93. The molecule has 0 bridgehead atoms. The molecular weight excluding hydrogens is 446 g/mol. The average molecular weight is 478 g/mol. The Bertz CT molecular complexity index is 1290. The van der Waals surface area contributed by atoms with E-state index in [0.29, 0.717) is 36.7 Å². The maximum absolute atomic E-state index is 12.8. The van der Waals surface area contributed by atoms with Crippen LogP contribution in [0.3, 0.4) is 0 Å². The zero-order valence-electron chi connectivity index (χ0n) is 20.0. The molecule has 35 heavy (non-hydrogen) atoms. The first-order chi connectivity index (χ1) is 17.0. The van der Waals surface area contributed by atoms with Gasteiger partial charge >= 0.3 is 5.97 Å². The molecule has 0 radical (unpaired) electrons. The van der Waals surface area contributed by atoms with E-state index in [9.17, 15) is 14.7 Å². The van der Waals surface area contributed by atoms with Crippen molar-refractivity contribution < 1.29 is 19.4 Å². The van der Waals surface area contributed by atoms with Crippen LogP contribution in [0, 0.1) is 6.92 Å². The number of hydrogen-bond acceptors (Lipinski definition) is 6. The van der Waals surface area contributed by atoms with E-state index < -0.39 is 5.97 Å². The minimum absolute atomic E-state index is 0.0613. The van der Waals surface area contributed by atoms with Crippen molar-refractivity contribution in [2.24, 2.45) is 0 Å². The number of carboxylic acids is 1. The minimum Gasteiger partial charge on any atom is -0.486 e. The Labute approximate surface area is 204 Å². The zero-order chi connectivity index (χ0) is 24.4. The van der Waals surface area contributed by atoms with Crippen LogP contribution in [-0.4, -0.2) is 59.4 Å². The van der Waals surface area contributed by atoms with E-state index in [-0.39, 0.29) is 11.1 Å². The van der Waals surface area contributed by atoms with E-state index in [2.05, 4.69) is 22.3 Å². The molecule has 3 heterocycles. The van der Waals surface area contributed by atoms with Gasteiger partial charge in [-0.25, -0.2) is 4.79 Å². The number of hydrogen-bond donors (Lipinski definition) is 2. The number of nitrogens with zero attached hydrogens (tertiary/aromatic N) is 2. The van der Waals surface area contributed by atoms with Crippen molar-refractivity contribution >= 4 is 16.9 Å². The fourth-order valence-corrected chi connectivity index (χ4v) is 4.96. The van der Waals surface area contributed by atoms with Gasteiger partial charge in [-0.3, -0.25) is 4.79 Å². The molecular formula is C27H31N3O5. The lowest BCUT2D eigenvalue weighted by Crippen LogP contribution is -2.43. The number of likely N-dealkylation sites (tertiary alicyclic amines) is 1. The van der Waals surface area contributed by atoms with Crippen LogP contribution < -0.4 is 20.3 Å². The summed E-state index contributed by atoms with van der Waals surface area (Å²) in [4.78, 5) is 26.8. The standard InChI is InChI=1S/C27H31N3O5/c1-18-2-4-21-22(27(32)33)16-26(31)30(23(21)14-18)11-10-29-8-6-20(7-9-29)28-17-19-3-5-24-25(15-19)35-13-12-34-24/h2-5,14-16,20,28H,6-13,17H2,1H3,(H,32,33). The Morgan fingerprint density at radius 1 is 1.03 bits per heavy atom. The van der Waals surface area contributed by atoms with Gasteiger partial charge in [-0.1, -0.05) is 18.2 Å². The van der Waals surface area contributed by atoms with E-state index in [1.807, 2.05) is 25.1 Å². The third-order valence-corrected chi connectivity index (χ3v) is 6.93. The number of aryl methyl sites for hydroxylation is 1. The summed E-state index contributed by atoms with van der Waals surface area (Å²) < 4.78 is 13.0. The number of fused-ring (bicyclic) bond motifs is 2. The van der Waals surface area contributed by atoms with Gasteiger partial charge in [0, 0.05) is 37.1 Å². The normalized spacial score (nSPS) is 16.5. The molecule has 8 nitrogen and oxygen atoms in total. The fraction of sp³-hybridized carbons (Fsp3) is 0.407. The Morgan fingerprint density at radius 2 is 1.80 bits per heavy atom. The van der Waals surface area contributed by atoms with Crippen LogP contribution in [0.5, 0.6) is 11.5 Å². The number of aromatic carboxylic acids is 1. The van der Waals surface area contributed by atoms with Crippen LogP contribution in [0.25, 0.3) is 10.9 Å². The van der Waals surface area contributed by atoms with Crippen LogP contribution in [0.15, 0.2) is 47.3 Å². The smallest absolute Gasteiger partial charge is 0.336 e. The first-order valence-corrected chi connectivity index (χ1v) is 12.2. The maximum atomic E-state index is 12.8. The Kier molecular flexibility index (Phi) is 6.74. The monoisotopic (exact) mass is 477 g/mol. The molecule has 0 amide bonds. The lowest BCUT2D eigenvalue weighted by atomic mass is 10.0. The molecule has 0 aliphatic carbocycles. The molecule has 0 spiro atoms. The summed E-state index contributed by atoms with van der Waals surface area (Å²) in [5, 5.41) is 13.8. The molecule has 0 unspecified atom stereocenters. The van der Waals surface area contributed by atoms with Crippen molar-refractivity contribution in [2.75, 3.05) is 32.8 Å². The highest BCUT2D eigenvalue weighted by Crippen LogP contribution is 2.30. The number of rotatable bonds is 7. The van der Waals surface area contributed by atoms with E-state index >= 15 is 0 Å². The molecule has 5 rings (SSSR count). The summed E-state index contributed by atoms with van der Waals surface area (Å²) in [5.41, 5.74) is 2.66. The highest BCUT2D eigenvalue weighted by atomic mass is 16.6. The van der Waals surface area contributed by atoms with Crippen molar-refractivity contribution in [3.8, 4) is 11.5 Å². The second-order valence-corrected chi connectivity index (χ2v) is 9.35. The van der Waals surface area contributed by atoms with Gasteiger partial charge in [0.05, 0.1) is 11.1 Å². The number of nitrogens with one attached hydrogen (secondary N) is 1. The molecule has 2 N–H and O–H groups in total. The van der Waals surface area contributed by atoms with Gasteiger partial charge in [-0.15, -0.1) is 0 Å². The maximum Gasteiger partial charge on any atom is 0.336 e. The predicted molar refractivity (Wildman–Crippen MR) is 134 cm³/mol. The Balaban J connectivity index is 1.17. The number of piperidine rings is 1. The molecule has 1 fully saturated rings. The largest absolute Gasteiger partial charge is 0.486 e. The number of aromatic nitrogens is 1. The Morgan fingerprint density at radius 3 is 2.57 bits per heavy atom. The van der Waals surface area contributed by atoms with Crippen LogP contribution in [0.4, 0.5) is 0 Å². The summed E-state index contributed by atoms with van der Waals surface area (Å²) >= 11 is 0. The first-order valence-electron chi connectivity index (χ1n) is 12.2. The Hall–Kier alpha value is -3.36. The van der Waals surface area contributed by atoms with E-state index in [1.165, 1.54) is 11.6 Å². The van der Waals surface area contributed by atoms with Crippen LogP contribution in [0.2, 0.25) is 0 Å². The fourth-order valence-electron chi connectivity index (χ4n) is 4.96. The van der Waals surface area contributed by atoms with Crippen LogP contribution >= 0.6 is 0 Å². The summed E-state index contributed by atoms with van der Waals surface area (Å²) in [5.74, 6) is 0.557. The number of carbonyl (C=O) groups is 1. The number of carboxylic acid groups (broad SMARTS) is 1. The molecule has 2 aliphatic heterocycles. The van der Waals surface area contributed by atoms with Gasteiger partial charge in [-0.05, 0) is 62.2 Å². The van der Waals surface area contributed by atoms with Gasteiger partial charge in [0.2, 0.25) is 0 Å². The van der Waals surface area contributed by atoms with Crippen molar-refractivity contribution in [3.05, 3.63) is 69.5 Å². The number of pyridine rings is 1. The molecule has 2 aromatic carbocycles. The molecule has 1 saturated heterocycles. The van der Waals surface area contributed by atoms with Gasteiger partial charge < -0.3 is 29.4 Å². The molecule has 2 aliphatic rings. The SMILES string of the molecule is Cc1ccc2c(C(=O)O)cc(=O)n(CCN3CCC(NCc4ccc5c(c4)OCCO5)CC3)c2c1. The van der Waals surface area contributed by atoms with Crippen molar-refractivity contribution in [1.82, 2.24) is 14.8 Å². The number of ether oxygens (including phenoxy) is 2. The second kappa shape index (κ2) is 10.1. The molecule has 3 aromatic rings. The summed E-state index contributed by atoms with van der Waals surface area (Å²) in [6.45, 7) is 7.13. The van der Waals surface area contributed by atoms with E-state index in [4.69, 9.17) is 9.47 Å².